The van der Waals surface area contributed by atoms with Crippen molar-refractivity contribution < 1.29 is 23.8 Å². The average molecular weight is 445 g/mol. The minimum atomic E-state index is -0.408. The van der Waals surface area contributed by atoms with Gasteiger partial charge in [-0.3, -0.25) is 14.5 Å². The van der Waals surface area contributed by atoms with Crippen molar-refractivity contribution in [3.05, 3.63) is 58.7 Å². The van der Waals surface area contributed by atoms with Crippen LogP contribution in [0.2, 0.25) is 5.02 Å². The molecule has 0 atom stereocenters. The quantitative estimate of drug-likeness (QED) is 0.441. The molecule has 0 saturated carbocycles. The molecule has 31 heavy (non-hydrogen) atoms. The Balaban J connectivity index is 2.00. The number of methoxy groups -OCH3 is 2. The number of hydrogen-bond acceptors (Lipinski definition) is 6. The lowest BCUT2D eigenvalue weighted by molar-refractivity contribution is -0.137. The van der Waals surface area contributed by atoms with Crippen molar-refractivity contribution in [2.75, 3.05) is 39.3 Å². The summed E-state index contributed by atoms with van der Waals surface area (Å²) in [5, 5.41) is 3.47. The number of rotatable bonds is 10. The van der Waals surface area contributed by atoms with Crippen LogP contribution in [-0.2, 0) is 14.3 Å². The Labute approximate surface area is 186 Å². The third-order valence-electron chi connectivity index (χ3n) is 4.84. The molecule has 0 saturated heterocycles. The van der Waals surface area contributed by atoms with Gasteiger partial charge in [0.2, 0.25) is 0 Å². The fraction of sp³-hybridized carbons (Fsp3) is 0.304. The van der Waals surface area contributed by atoms with Gasteiger partial charge in [0.05, 0.1) is 24.8 Å². The maximum absolute atomic E-state index is 13.3. The van der Waals surface area contributed by atoms with E-state index in [1.54, 1.807) is 42.5 Å². The van der Waals surface area contributed by atoms with E-state index in [-0.39, 0.29) is 23.7 Å². The number of nitrogens with one attached hydrogen (secondary N) is 1. The van der Waals surface area contributed by atoms with Gasteiger partial charge >= 0.3 is 0 Å². The van der Waals surface area contributed by atoms with E-state index in [4.69, 9.17) is 25.8 Å². The summed E-state index contributed by atoms with van der Waals surface area (Å²) in [7, 11) is 3.05. The van der Waals surface area contributed by atoms with Crippen molar-refractivity contribution in [2.45, 2.75) is 13.3 Å². The second-order valence-electron chi connectivity index (χ2n) is 6.74. The number of amides is 2. The Morgan fingerprint density at radius 3 is 2.42 bits per heavy atom. The Morgan fingerprint density at radius 1 is 1.00 bits per heavy atom. The molecule has 1 heterocycles. The van der Waals surface area contributed by atoms with Crippen molar-refractivity contribution in [1.82, 2.24) is 4.90 Å². The molecular formula is C23H25ClN2O5. The van der Waals surface area contributed by atoms with Gasteiger partial charge in [-0.2, -0.15) is 0 Å². The molecule has 7 nitrogen and oxygen atoms in total. The number of anilines is 1. The molecule has 0 aliphatic carbocycles. The third kappa shape index (κ3) is 4.84. The van der Waals surface area contributed by atoms with Crippen molar-refractivity contribution in [2.24, 2.45) is 0 Å². The minimum Gasteiger partial charge on any atom is -0.496 e. The van der Waals surface area contributed by atoms with Crippen LogP contribution < -0.4 is 14.8 Å². The highest BCUT2D eigenvalue weighted by Gasteiger charge is 2.39. The summed E-state index contributed by atoms with van der Waals surface area (Å²) < 4.78 is 16.0. The molecule has 2 aromatic carbocycles. The molecule has 0 spiro atoms. The summed E-state index contributed by atoms with van der Waals surface area (Å²) in [6.07, 6.45) is 0.548. The second-order valence-corrected chi connectivity index (χ2v) is 7.14. The van der Waals surface area contributed by atoms with E-state index in [0.29, 0.717) is 47.4 Å². The molecular weight excluding hydrogens is 420 g/mol. The Morgan fingerprint density at radius 2 is 1.74 bits per heavy atom. The Hall–Kier alpha value is -3.03. The minimum absolute atomic E-state index is 0.173. The van der Waals surface area contributed by atoms with Gasteiger partial charge in [-0.05, 0) is 37.6 Å². The van der Waals surface area contributed by atoms with E-state index in [0.717, 1.165) is 0 Å². The molecule has 1 N–H and O–H groups in total. The lowest BCUT2D eigenvalue weighted by atomic mass is 10.0. The maximum atomic E-state index is 13.3. The van der Waals surface area contributed by atoms with E-state index < -0.39 is 5.91 Å². The van der Waals surface area contributed by atoms with Crippen LogP contribution in [0, 0.1) is 0 Å². The smallest absolute Gasteiger partial charge is 0.278 e. The summed E-state index contributed by atoms with van der Waals surface area (Å²) in [4.78, 5) is 27.7. The fourth-order valence-corrected chi connectivity index (χ4v) is 3.61. The SMILES string of the molecule is CCOCCCN1C(=O)C(Nc2ccc(OC)c(Cl)c2)=C(c2ccccc2OC)C1=O. The van der Waals surface area contributed by atoms with Crippen molar-refractivity contribution in [3.8, 4) is 11.5 Å². The largest absolute Gasteiger partial charge is 0.496 e. The van der Waals surface area contributed by atoms with Gasteiger partial charge in [0.25, 0.3) is 11.8 Å². The molecule has 2 aromatic rings. The lowest BCUT2D eigenvalue weighted by Crippen LogP contribution is -2.34. The number of nitrogens with zero attached hydrogens (tertiary/aromatic N) is 1. The van der Waals surface area contributed by atoms with E-state index in [9.17, 15) is 9.59 Å². The molecule has 3 rings (SSSR count). The first-order valence-corrected chi connectivity index (χ1v) is 10.3. The van der Waals surface area contributed by atoms with Gasteiger partial charge < -0.3 is 19.5 Å². The number of para-hydroxylation sites is 1. The molecule has 0 aromatic heterocycles. The first-order valence-electron chi connectivity index (χ1n) is 9.94. The Kier molecular flexibility index (Phi) is 7.55. The normalized spacial score (nSPS) is 13.7. The lowest BCUT2D eigenvalue weighted by Gasteiger charge is -2.15. The van der Waals surface area contributed by atoms with E-state index >= 15 is 0 Å². The zero-order valence-corrected chi connectivity index (χ0v) is 18.5. The molecule has 0 fully saturated rings. The molecule has 2 amide bonds. The van der Waals surface area contributed by atoms with Crippen molar-refractivity contribution in [1.29, 1.82) is 0 Å². The summed E-state index contributed by atoms with van der Waals surface area (Å²) in [6.45, 7) is 3.20. The first-order chi connectivity index (χ1) is 15.0. The highest BCUT2D eigenvalue weighted by Crippen LogP contribution is 2.36. The predicted octanol–water partition coefficient (Wildman–Crippen LogP) is 3.98. The number of imide groups is 1. The zero-order chi connectivity index (χ0) is 22.4. The second kappa shape index (κ2) is 10.3. The fourth-order valence-electron chi connectivity index (χ4n) is 3.35. The van der Waals surface area contributed by atoms with Gasteiger partial charge in [0, 0.05) is 31.0 Å². The molecule has 1 aliphatic heterocycles. The number of hydrogen-bond donors (Lipinski definition) is 1. The van der Waals surface area contributed by atoms with E-state index in [2.05, 4.69) is 5.32 Å². The number of carbonyl (C=O) groups is 2. The van der Waals surface area contributed by atoms with Crippen LogP contribution in [0.4, 0.5) is 5.69 Å². The van der Waals surface area contributed by atoms with Gasteiger partial charge in [-0.1, -0.05) is 29.8 Å². The van der Waals surface area contributed by atoms with Crippen LogP contribution in [0.15, 0.2) is 48.2 Å². The summed E-state index contributed by atoms with van der Waals surface area (Å²) in [6, 6.07) is 12.2. The van der Waals surface area contributed by atoms with Gasteiger partial charge in [-0.25, -0.2) is 0 Å². The van der Waals surface area contributed by atoms with E-state index in [1.807, 2.05) is 6.92 Å². The first kappa shape index (κ1) is 22.7. The van der Waals surface area contributed by atoms with Crippen LogP contribution in [0.5, 0.6) is 11.5 Å². The summed E-state index contributed by atoms with van der Waals surface area (Å²) in [5.41, 5.74) is 1.53. The highest BCUT2D eigenvalue weighted by atomic mass is 35.5. The van der Waals surface area contributed by atoms with E-state index in [1.165, 1.54) is 19.1 Å². The topological polar surface area (TPSA) is 77.1 Å². The molecule has 0 bridgehead atoms. The van der Waals surface area contributed by atoms with Gasteiger partial charge in [-0.15, -0.1) is 0 Å². The van der Waals surface area contributed by atoms with Crippen LogP contribution in [0.3, 0.4) is 0 Å². The monoisotopic (exact) mass is 444 g/mol. The Bertz CT molecular complexity index is 1010. The number of benzene rings is 2. The zero-order valence-electron chi connectivity index (χ0n) is 17.7. The summed E-state index contributed by atoms with van der Waals surface area (Å²) >= 11 is 6.23. The van der Waals surface area contributed by atoms with Crippen LogP contribution in [0.1, 0.15) is 18.9 Å². The van der Waals surface area contributed by atoms with Crippen molar-refractivity contribution in [3.63, 3.8) is 0 Å². The van der Waals surface area contributed by atoms with Crippen LogP contribution in [0.25, 0.3) is 5.57 Å². The maximum Gasteiger partial charge on any atom is 0.278 e. The number of carbonyl (C=O) groups excluding carboxylic acids is 2. The standard InChI is InChI=1S/C23H25ClN2O5/c1-4-31-13-7-12-26-22(27)20(16-8-5-6-9-18(16)29-2)21(23(26)28)25-15-10-11-19(30-3)17(24)14-15/h5-6,8-11,14,25H,4,7,12-13H2,1-3H3. The molecule has 0 unspecified atom stereocenters. The highest BCUT2D eigenvalue weighted by molar-refractivity contribution is 6.37. The molecule has 0 radical (unpaired) electrons. The van der Waals surface area contributed by atoms with Crippen LogP contribution in [-0.4, -0.2) is 50.7 Å². The van der Waals surface area contributed by atoms with Crippen LogP contribution >= 0.6 is 11.6 Å². The number of halogens is 1. The molecule has 164 valence electrons. The third-order valence-corrected chi connectivity index (χ3v) is 5.14. The van der Waals surface area contributed by atoms with Crippen molar-refractivity contribution >= 4 is 34.7 Å². The van der Waals surface area contributed by atoms with Gasteiger partial charge in [0.1, 0.15) is 17.2 Å². The number of ether oxygens (including phenoxy) is 3. The predicted molar refractivity (Wildman–Crippen MR) is 119 cm³/mol. The molecule has 8 heteroatoms. The summed E-state index contributed by atoms with van der Waals surface area (Å²) in [5.74, 6) is 0.224. The van der Waals surface area contributed by atoms with Gasteiger partial charge in [0.15, 0.2) is 0 Å². The molecule has 1 aliphatic rings. The average Bonchev–Trinajstić information content (AvgIpc) is 3.00.